The summed E-state index contributed by atoms with van der Waals surface area (Å²) in [5.74, 6) is 1.72. The number of rotatable bonds is 7. The second-order valence-electron chi connectivity index (χ2n) is 7.61. The smallest absolute Gasteiger partial charge is 0.282 e. The number of halogens is 1. The Bertz CT molecular complexity index is 1360. The van der Waals surface area contributed by atoms with Crippen molar-refractivity contribution in [2.24, 2.45) is 5.10 Å². The van der Waals surface area contributed by atoms with E-state index in [4.69, 9.17) is 14.5 Å². The van der Waals surface area contributed by atoms with E-state index < -0.39 is 0 Å². The highest BCUT2D eigenvalue weighted by Gasteiger charge is 2.15. The summed E-state index contributed by atoms with van der Waals surface area (Å²) in [7, 11) is 0. The monoisotopic (exact) mass is 505 g/mol. The van der Waals surface area contributed by atoms with E-state index in [9.17, 15) is 4.79 Å². The van der Waals surface area contributed by atoms with Crippen LogP contribution in [0.25, 0.3) is 22.3 Å². The van der Waals surface area contributed by atoms with Gasteiger partial charge in [0.2, 0.25) is 0 Å². The fourth-order valence-electron chi connectivity index (χ4n) is 3.40. The van der Waals surface area contributed by atoms with Gasteiger partial charge in [-0.2, -0.15) is 9.78 Å². The molecule has 33 heavy (non-hydrogen) atoms. The minimum atomic E-state index is -0.237. The van der Waals surface area contributed by atoms with Crippen LogP contribution in [-0.4, -0.2) is 28.6 Å². The fourth-order valence-corrected chi connectivity index (χ4v) is 3.96. The quantitative estimate of drug-likeness (QED) is 0.293. The maximum absolute atomic E-state index is 13.3. The molecule has 6 nitrogen and oxygen atoms in total. The lowest BCUT2D eigenvalue weighted by molar-refractivity contribution is 0.222. The van der Waals surface area contributed by atoms with Crippen molar-refractivity contribution in [1.29, 1.82) is 0 Å². The van der Waals surface area contributed by atoms with Gasteiger partial charge >= 0.3 is 0 Å². The molecule has 4 aromatic rings. The van der Waals surface area contributed by atoms with Crippen molar-refractivity contribution in [2.75, 3.05) is 6.61 Å². The Morgan fingerprint density at radius 1 is 1.09 bits per heavy atom. The predicted octanol–water partition coefficient (Wildman–Crippen LogP) is 5.89. The van der Waals surface area contributed by atoms with Crippen LogP contribution in [0.3, 0.4) is 0 Å². The molecule has 3 aromatic carbocycles. The van der Waals surface area contributed by atoms with E-state index in [1.54, 1.807) is 12.3 Å². The first-order valence-corrected chi connectivity index (χ1v) is 11.5. The highest BCUT2D eigenvalue weighted by molar-refractivity contribution is 9.10. The molecule has 0 fully saturated rings. The van der Waals surface area contributed by atoms with Crippen molar-refractivity contribution in [3.8, 4) is 22.9 Å². The summed E-state index contributed by atoms with van der Waals surface area (Å²) in [6, 6.07) is 20.5. The second kappa shape index (κ2) is 10.0. The average Bonchev–Trinajstić information content (AvgIpc) is 2.81. The zero-order valence-corrected chi connectivity index (χ0v) is 20.2. The lowest BCUT2D eigenvalue weighted by atomic mass is 10.2. The van der Waals surface area contributed by atoms with Crippen molar-refractivity contribution in [1.82, 2.24) is 9.66 Å². The van der Waals surface area contributed by atoms with E-state index in [-0.39, 0.29) is 11.7 Å². The first-order chi connectivity index (χ1) is 16.0. The number of aromatic nitrogens is 2. The molecule has 0 radical (unpaired) electrons. The van der Waals surface area contributed by atoms with Gasteiger partial charge in [-0.1, -0.05) is 42.5 Å². The number of benzene rings is 3. The van der Waals surface area contributed by atoms with Gasteiger partial charge in [-0.25, -0.2) is 4.98 Å². The molecule has 0 saturated carbocycles. The van der Waals surface area contributed by atoms with Gasteiger partial charge in [0.1, 0.15) is 0 Å². The number of ether oxygens (including phenoxy) is 2. The Morgan fingerprint density at radius 2 is 1.82 bits per heavy atom. The zero-order chi connectivity index (χ0) is 23.4. The van der Waals surface area contributed by atoms with Crippen LogP contribution in [-0.2, 0) is 0 Å². The van der Waals surface area contributed by atoms with Crippen LogP contribution in [0.5, 0.6) is 11.5 Å². The van der Waals surface area contributed by atoms with Crippen molar-refractivity contribution in [3.63, 3.8) is 0 Å². The molecule has 4 rings (SSSR count). The van der Waals surface area contributed by atoms with E-state index in [0.29, 0.717) is 34.8 Å². The highest BCUT2D eigenvalue weighted by atomic mass is 79.9. The normalized spacial score (nSPS) is 11.4. The summed E-state index contributed by atoms with van der Waals surface area (Å²) in [4.78, 5) is 18.0. The molecule has 7 heteroatoms. The van der Waals surface area contributed by atoms with Gasteiger partial charge in [0.15, 0.2) is 17.3 Å². The first kappa shape index (κ1) is 22.7. The lowest BCUT2D eigenvalue weighted by Crippen LogP contribution is -2.20. The summed E-state index contributed by atoms with van der Waals surface area (Å²) in [5, 5.41) is 5.04. The summed E-state index contributed by atoms with van der Waals surface area (Å²) in [6.45, 7) is 6.33. The van der Waals surface area contributed by atoms with E-state index in [0.717, 1.165) is 15.6 Å². The minimum absolute atomic E-state index is 0.00398. The third-order valence-corrected chi connectivity index (χ3v) is 5.38. The summed E-state index contributed by atoms with van der Waals surface area (Å²) < 4.78 is 13.8. The van der Waals surface area contributed by atoms with E-state index in [2.05, 4.69) is 21.0 Å². The van der Waals surface area contributed by atoms with E-state index in [1.165, 1.54) is 4.68 Å². The molecule has 0 saturated heterocycles. The van der Waals surface area contributed by atoms with E-state index >= 15 is 0 Å². The molecule has 0 aliphatic heterocycles. The molecule has 0 unspecified atom stereocenters. The summed E-state index contributed by atoms with van der Waals surface area (Å²) in [5.41, 5.74) is 1.94. The van der Waals surface area contributed by atoms with Crippen LogP contribution in [0.15, 0.2) is 81.1 Å². The Labute approximate surface area is 200 Å². The molecule has 0 atom stereocenters. The standard InChI is InChI=1S/C26H24BrN3O3/c1-4-32-23-15-18(14-21(27)24(23)33-17(2)3)16-28-30-25(19-10-6-5-7-11-19)29-22-13-9-8-12-20(22)26(30)31/h5-17H,4H2,1-3H3. The maximum atomic E-state index is 13.3. The maximum Gasteiger partial charge on any atom is 0.282 e. The van der Waals surface area contributed by atoms with Crippen LogP contribution in [0, 0.1) is 0 Å². The Morgan fingerprint density at radius 3 is 2.55 bits per heavy atom. The van der Waals surface area contributed by atoms with Crippen LogP contribution in [0.2, 0.25) is 0 Å². The molecule has 0 bridgehead atoms. The molecule has 0 amide bonds. The summed E-state index contributed by atoms with van der Waals surface area (Å²) >= 11 is 3.57. The Hall–Kier alpha value is -3.45. The second-order valence-corrected chi connectivity index (χ2v) is 8.46. The number of hydrogen-bond acceptors (Lipinski definition) is 5. The Kier molecular flexibility index (Phi) is 6.89. The third kappa shape index (κ3) is 4.98. The van der Waals surface area contributed by atoms with Gasteiger partial charge in [-0.05, 0) is 66.5 Å². The first-order valence-electron chi connectivity index (χ1n) is 10.7. The van der Waals surface area contributed by atoms with Crippen molar-refractivity contribution < 1.29 is 9.47 Å². The molecule has 168 valence electrons. The minimum Gasteiger partial charge on any atom is -0.490 e. The van der Waals surface area contributed by atoms with Crippen molar-refractivity contribution in [3.05, 3.63) is 87.1 Å². The molecule has 1 heterocycles. The highest BCUT2D eigenvalue weighted by Crippen LogP contribution is 2.37. The topological polar surface area (TPSA) is 65.7 Å². The van der Waals surface area contributed by atoms with Gasteiger partial charge in [0.25, 0.3) is 5.56 Å². The summed E-state index contributed by atoms with van der Waals surface area (Å²) in [6.07, 6.45) is 1.62. The molecule has 0 aliphatic carbocycles. The number of para-hydroxylation sites is 1. The predicted molar refractivity (Wildman–Crippen MR) is 136 cm³/mol. The van der Waals surface area contributed by atoms with Gasteiger partial charge < -0.3 is 9.47 Å². The molecule has 1 aromatic heterocycles. The van der Waals surface area contributed by atoms with Gasteiger partial charge in [0.05, 0.1) is 34.3 Å². The number of fused-ring (bicyclic) bond motifs is 1. The number of nitrogens with zero attached hydrogens (tertiary/aromatic N) is 3. The van der Waals surface area contributed by atoms with Crippen LogP contribution in [0.1, 0.15) is 26.3 Å². The lowest BCUT2D eigenvalue weighted by Gasteiger charge is -2.16. The van der Waals surface area contributed by atoms with Crippen molar-refractivity contribution >= 4 is 33.0 Å². The average molecular weight is 506 g/mol. The van der Waals surface area contributed by atoms with Gasteiger partial charge in [-0.3, -0.25) is 4.79 Å². The Balaban J connectivity index is 1.84. The molecule has 0 N–H and O–H groups in total. The fraction of sp³-hybridized carbons (Fsp3) is 0.192. The van der Waals surface area contributed by atoms with Gasteiger partial charge in [0, 0.05) is 5.56 Å². The van der Waals surface area contributed by atoms with Crippen LogP contribution >= 0.6 is 15.9 Å². The number of hydrogen-bond donors (Lipinski definition) is 0. The molecular formula is C26H24BrN3O3. The van der Waals surface area contributed by atoms with E-state index in [1.807, 2.05) is 81.4 Å². The molecule has 0 aliphatic rings. The van der Waals surface area contributed by atoms with Crippen LogP contribution < -0.4 is 15.0 Å². The molecular weight excluding hydrogens is 482 g/mol. The molecule has 0 spiro atoms. The third-order valence-electron chi connectivity index (χ3n) is 4.79. The SMILES string of the molecule is CCOc1cc(C=Nn2c(-c3ccccc3)nc3ccccc3c2=O)cc(Br)c1OC(C)C. The largest absolute Gasteiger partial charge is 0.490 e. The van der Waals surface area contributed by atoms with Crippen LogP contribution in [0.4, 0.5) is 0 Å². The van der Waals surface area contributed by atoms with Crippen molar-refractivity contribution in [2.45, 2.75) is 26.9 Å². The zero-order valence-electron chi connectivity index (χ0n) is 18.7. The van der Waals surface area contributed by atoms with Gasteiger partial charge in [-0.15, -0.1) is 0 Å².